The molecule has 2 heterocycles. The number of aromatic nitrogens is 2. The number of nitrogens with one attached hydrogen (secondary N) is 1. The Labute approximate surface area is 147 Å². The molecule has 1 fully saturated rings. The van der Waals surface area contributed by atoms with Gasteiger partial charge in [0, 0.05) is 13.1 Å². The van der Waals surface area contributed by atoms with Crippen LogP contribution in [0.4, 0.5) is 0 Å². The van der Waals surface area contributed by atoms with Gasteiger partial charge in [-0.2, -0.15) is 0 Å². The van der Waals surface area contributed by atoms with Crippen LogP contribution in [0.3, 0.4) is 0 Å². The van der Waals surface area contributed by atoms with Gasteiger partial charge in [-0.05, 0) is 32.8 Å². The zero-order chi connectivity index (χ0) is 18.0. The van der Waals surface area contributed by atoms with Crippen LogP contribution in [0.15, 0.2) is 30.3 Å². The number of hydrogen-bond donors (Lipinski definition) is 1. The second-order valence-electron chi connectivity index (χ2n) is 6.39. The maximum atomic E-state index is 12.6. The number of benzene rings is 1. The summed E-state index contributed by atoms with van der Waals surface area (Å²) in [5, 5.41) is 2.82. The van der Waals surface area contributed by atoms with Crippen molar-refractivity contribution in [2.45, 2.75) is 39.8 Å². The lowest BCUT2D eigenvalue weighted by Gasteiger charge is -2.17. The Balaban J connectivity index is 1.67. The van der Waals surface area contributed by atoms with Gasteiger partial charge in [0.05, 0.1) is 17.1 Å². The van der Waals surface area contributed by atoms with E-state index in [4.69, 9.17) is 0 Å². The highest BCUT2D eigenvalue weighted by molar-refractivity contribution is 5.97. The molecule has 1 aromatic carbocycles. The molecule has 6 heteroatoms. The van der Waals surface area contributed by atoms with E-state index in [1.807, 2.05) is 44.2 Å². The summed E-state index contributed by atoms with van der Waals surface area (Å²) >= 11 is 0. The number of amides is 2. The molecule has 6 nitrogen and oxygen atoms in total. The Kier molecular flexibility index (Phi) is 4.79. The van der Waals surface area contributed by atoms with Gasteiger partial charge in [0.1, 0.15) is 11.7 Å². The molecule has 2 aromatic rings. The normalized spacial score (nSPS) is 17.0. The fourth-order valence-corrected chi connectivity index (χ4v) is 2.99. The van der Waals surface area contributed by atoms with Crippen LogP contribution in [-0.2, 0) is 11.3 Å². The van der Waals surface area contributed by atoms with Crippen LogP contribution in [0.2, 0.25) is 0 Å². The molecule has 1 saturated heterocycles. The molecule has 0 radical (unpaired) electrons. The minimum atomic E-state index is -0.501. The molecule has 25 heavy (non-hydrogen) atoms. The third-order valence-electron chi connectivity index (χ3n) is 4.52. The van der Waals surface area contributed by atoms with Crippen LogP contribution in [0, 0.1) is 20.8 Å². The molecule has 0 aliphatic carbocycles. The van der Waals surface area contributed by atoms with Gasteiger partial charge in [0.25, 0.3) is 5.91 Å². The predicted octanol–water partition coefficient (Wildman–Crippen LogP) is 1.93. The molecule has 1 aromatic heterocycles. The van der Waals surface area contributed by atoms with E-state index in [0.717, 1.165) is 17.0 Å². The van der Waals surface area contributed by atoms with E-state index >= 15 is 0 Å². The number of rotatable bonds is 4. The second-order valence-corrected chi connectivity index (χ2v) is 6.39. The quantitative estimate of drug-likeness (QED) is 0.924. The van der Waals surface area contributed by atoms with E-state index in [9.17, 15) is 9.59 Å². The summed E-state index contributed by atoms with van der Waals surface area (Å²) in [5.74, 6) is -0.389. The summed E-state index contributed by atoms with van der Waals surface area (Å²) in [6.45, 7) is 6.64. The fraction of sp³-hybridized carbons (Fsp3) is 0.368. The molecule has 1 aliphatic rings. The molecule has 0 saturated carbocycles. The zero-order valence-electron chi connectivity index (χ0n) is 14.7. The Morgan fingerprint density at radius 1 is 1.12 bits per heavy atom. The summed E-state index contributed by atoms with van der Waals surface area (Å²) in [6.07, 6.45) is 0.606. The fourth-order valence-electron chi connectivity index (χ4n) is 2.99. The molecule has 3 rings (SSSR count). The van der Waals surface area contributed by atoms with Crippen molar-refractivity contribution in [1.29, 1.82) is 0 Å². The van der Waals surface area contributed by atoms with E-state index in [0.29, 0.717) is 25.2 Å². The highest BCUT2D eigenvalue weighted by atomic mass is 16.2. The second kappa shape index (κ2) is 7.01. The third kappa shape index (κ3) is 3.68. The van der Waals surface area contributed by atoms with Gasteiger partial charge < -0.3 is 10.2 Å². The molecule has 130 valence electrons. The van der Waals surface area contributed by atoms with Gasteiger partial charge in [-0.1, -0.05) is 30.3 Å². The Hall–Kier alpha value is -2.76. The average molecular weight is 338 g/mol. The molecule has 0 spiro atoms. The van der Waals surface area contributed by atoms with Crippen molar-refractivity contribution >= 4 is 11.8 Å². The lowest BCUT2D eigenvalue weighted by atomic mass is 10.2. The van der Waals surface area contributed by atoms with Crippen molar-refractivity contribution in [2.24, 2.45) is 0 Å². The van der Waals surface area contributed by atoms with E-state index in [-0.39, 0.29) is 17.5 Å². The standard InChI is InChI=1S/C19H22N4O2/c1-12-13(2)21-17(14(3)20-12)18(24)22-16-9-10-23(19(16)25)11-15-7-5-4-6-8-15/h4-8,16H,9-11H2,1-3H3,(H,22,24). The van der Waals surface area contributed by atoms with Gasteiger partial charge in [0.15, 0.2) is 0 Å². The summed E-state index contributed by atoms with van der Waals surface area (Å²) < 4.78 is 0. The van der Waals surface area contributed by atoms with Gasteiger partial charge in [-0.15, -0.1) is 0 Å². The van der Waals surface area contributed by atoms with E-state index in [2.05, 4.69) is 15.3 Å². The summed E-state index contributed by atoms with van der Waals surface area (Å²) in [4.78, 5) is 35.5. The van der Waals surface area contributed by atoms with Gasteiger partial charge in [-0.3, -0.25) is 14.6 Å². The first-order chi connectivity index (χ1) is 12.0. The molecular formula is C19H22N4O2. The number of hydrogen-bond acceptors (Lipinski definition) is 4. The smallest absolute Gasteiger partial charge is 0.272 e. The minimum Gasteiger partial charge on any atom is -0.339 e. The summed E-state index contributed by atoms with van der Waals surface area (Å²) in [5.41, 5.74) is 3.47. The largest absolute Gasteiger partial charge is 0.339 e. The molecule has 0 bridgehead atoms. The maximum Gasteiger partial charge on any atom is 0.272 e. The number of nitrogens with zero attached hydrogens (tertiary/aromatic N) is 3. The highest BCUT2D eigenvalue weighted by Crippen LogP contribution is 2.16. The van der Waals surface area contributed by atoms with Gasteiger partial charge >= 0.3 is 0 Å². The van der Waals surface area contributed by atoms with Crippen LogP contribution in [-0.4, -0.2) is 39.3 Å². The van der Waals surface area contributed by atoms with Crippen LogP contribution in [0.25, 0.3) is 0 Å². The van der Waals surface area contributed by atoms with Crippen molar-refractivity contribution in [2.75, 3.05) is 6.54 Å². The monoisotopic (exact) mass is 338 g/mol. The SMILES string of the molecule is Cc1nc(C)c(C(=O)NC2CCN(Cc3ccccc3)C2=O)nc1C. The topological polar surface area (TPSA) is 75.2 Å². The summed E-state index contributed by atoms with van der Waals surface area (Å²) in [7, 11) is 0. The van der Waals surface area contributed by atoms with Crippen molar-refractivity contribution in [3.8, 4) is 0 Å². The number of aryl methyl sites for hydroxylation is 3. The van der Waals surface area contributed by atoms with E-state index < -0.39 is 6.04 Å². The number of carbonyl (C=O) groups is 2. The van der Waals surface area contributed by atoms with Crippen LogP contribution < -0.4 is 5.32 Å². The van der Waals surface area contributed by atoms with Crippen molar-refractivity contribution in [1.82, 2.24) is 20.2 Å². The molecule has 2 amide bonds. The van der Waals surface area contributed by atoms with E-state index in [1.54, 1.807) is 11.8 Å². The minimum absolute atomic E-state index is 0.0494. The number of likely N-dealkylation sites (tertiary alicyclic amines) is 1. The van der Waals surface area contributed by atoms with Gasteiger partial charge in [-0.25, -0.2) is 4.98 Å². The molecule has 1 unspecified atom stereocenters. The first kappa shape index (κ1) is 17.1. The Bertz CT molecular complexity index is 805. The molecular weight excluding hydrogens is 316 g/mol. The Morgan fingerprint density at radius 3 is 2.52 bits per heavy atom. The average Bonchev–Trinajstić information content (AvgIpc) is 2.92. The van der Waals surface area contributed by atoms with Crippen molar-refractivity contribution in [3.05, 3.63) is 58.7 Å². The van der Waals surface area contributed by atoms with Crippen LogP contribution in [0.5, 0.6) is 0 Å². The highest BCUT2D eigenvalue weighted by Gasteiger charge is 2.33. The van der Waals surface area contributed by atoms with Crippen molar-refractivity contribution < 1.29 is 9.59 Å². The molecule has 1 atom stereocenters. The van der Waals surface area contributed by atoms with Gasteiger partial charge in [0.2, 0.25) is 5.91 Å². The van der Waals surface area contributed by atoms with E-state index in [1.165, 1.54) is 0 Å². The zero-order valence-corrected chi connectivity index (χ0v) is 14.7. The first-order valence-electron chi connectivity index (χ1n) is 8.41. The number of carbonyl (C=O) groups excluding carboxylic acids is 2. The maximum absolute atomic E-state index is 12.6. The lowest BCUT2D eigenvalue weighted by Crippen LogP contribution is -2.42. The molecule has 1 N–H and O–H groups in total. The third-order valence-corrected chi connectivity index (χ3v) is 4.52. The van der Waals surface area contributed by atoms with Crippen LogP contribution in [0.1, 0.15) is 39.6 Å². The van der Waals surface area contributed by atoms with Crippen LogP contribution >= 0.6 is 0 Å². The Morgan fingerprint density at radius 2 is 1.80 bits per heavy atom. The first-order valence-corrected chi connectivity index (χ1v) is 8.41. The van der Waals surface area contributed by atoms with Crippen molar-refractivity contribution in [3.63, 3.8) is 0 Å². The lowest BCUT2D eigenvalue weighted by molar-refractivity contribution is -0.129. The predicted molar refractivity (Wildman–Crippen MR) is 94.0 cm³/mol. The molecule has 1 aliphatic heterocycles. The summed E-state index contributed by atoms with van der Waals surface area (Å²) in [6, 6.07) is 9.34.